The highest BCUT2D eigenvalue weighted by atomic mass is 32.1. The maximum Gasteiger partial charge on any atom is 0.128 e. The van der Waals surface area contributed by atoms with Gasteiger partial charge in [0, 0.05) is 11.1 Å². The SMILES string of the molecule is NC(=S)S.Nc1cccc2ccccc12. The summed E-state index contributed by atoms with van der Waals surface area (Å²) in [6, 6.07) is 14.1. The molecule has 0 atom stereocenters. The van der Waals surface area contributed by atoms with Crippen LogP contribution in [0.15, 0.2) is 42.5 Å². The summed E-state index contributed by atoms with van der Waals surface area (Å²) in [5, 5.41) is 2.34. The van der Waals surface area contributed by atoms with E-state index in [1.165, 1.54) is 5.39 Å². The first-order valence-corrected chi connectivity index (χ1v) is 5.18. The predicted molar refractivity (Wildman–Crippen MR) is 74.1 cm³/mol. The Bertz CT molecular complexity index is 460. The molecule has 2 aromatic rings. The second-order valence-electron chi connectivity index (χ2n) is 2.91. The van der Waals surface area contributed by atoms with Gasteiger partial charge in [-0.1, -0.05) is 48.6 Å². The summed E-state index contributed by atoms with van der Waals surface area (Å²) in [5.74, 6) is 0. The smallest absolute Gasteiger partial charge is 0.128 e. The Kier molecular flexibility index (Phi) is 4.39. The number of thiocarbonyl (C=S) groups is 1. The fourth-order valence-corrected chi connectivity index (χ4v) is 1.25. The fourth-order valence-electron chi connectivity index (χ4n) is 1.25. The number of fused-ring (bicyclic) bond motifs is 1. The van der Waals surface area contributed by atoms with Gasteiger partial charge < -0.3 is 11.5 Å². The molecule has 0 aliphatic heterocycles. The summed E-state index contributed by atoms with van der Waals surface area (Å²) in [6.07, 6.45) is 0. The van der Waals surface area contributed by atoms with E-state index >= 15 is 0 Å². The molecule has 0 amide bonds. The van der Waals surface area contributed by atoms with Crippen molar-refractivity contribution >= 4 is 45.6 Å². The highest BCUT2D eigenvalue weighted by Gasteiger charge is 1.92. The van der Waals surface area contributed by atoms with Gasteiger partial charge in [-0.15, -0.1) is 12.6 Å². The van der Waals surface area contributed by atoms with Crippen molar-refractivity contribution in [3.05, 3.63) is 42.5 Å². The van der Waals surface area contributed by atoms with Crippen LogP contribution in [0.1, 0.15) is 0 Å². The third kappa shape index (κ3) is 3.77. The van der Waals surface area contributed by atoms with Crippen molar-refractivity contribution in [2.75, 3.05) is 5.73 Å². The predicted octanol–water partition coefficient (Wildman–Crippen LogP) is 2.58. The summed E-state index contributed by atoms with van der Waals surface area (Å²) < 4.78 is 0.194. The molecule has 0 radical (unpaired) electrons. The van der Waals surface area contributed by atoms with Gasteiger partial charge in [0.15, 0.2) is 0 Å². The number of benzene rings is 2. The molecule has 15 heavy (non-hydrogen) atoms. The average Bonchev–Trinajstić information content (AvgIpc) is 2.18. The van der Waals surface area contributed by atoms with Crippen molar-refractivity contribution in [3.63, 3.8) is 0 Å². The van der Waals surface area contributed by atoms with Gasteiger partial charge in [0.25, 0.3) is 0 Å². The quantitative estimate of drug-likeness (QED) is 0.374. The zero-order chi connectivity index (χ0) is 11.3. The molecule has 0 aliphatic rings. The fraction of sp³-hybridized carbons (Fsp3) is 0. The monoisotopic (exact) mass is 236 g/mol. The number of nitrogen functional groups attached to an aromatic ring is 1. The molecular formula is C11H12N2S2. The molecule has 4 heteroatoms. The molecule has 2 nitrogen and oxygen atoms in total. The third-order valence-corrected chi connectivity index (χ3v) is 1.82. The van der Waals surface area contributed by atoms with Crippen LogP contribution in [0.25, 0.3) is 10.8 Å². The van der Waals surface area contributed by atoms with Crippen molar-refractivity contribution < 1.29 is 0 Å². The lowest BCUT2D eigenvalue weighted by molar-refractivity contribution is 1.73. The van der Waals surface area contributed by atoms with Gasteiger partial charge in [0.05, 0.1) is 0 Å². The Balaban J connectivity index is 0.000000245. The average molecular weight is 236 g/mol. The molecule has 0 bridgehead atoms. The number of hydrogen-bond donors (Lipinski definition) is 3. The summed E-state index contributed by atoms with van der Waals surface area (Å²) >= 11 is 7.65. The number of nitrogens with two attached hydrogens (primary N) is 2. The molecule has 0 aliphatic carbocycles. The molecular weight excluding hydrogens is 224 g/mol. The Morgan fingerprint density at radius 2 is 1.60 bits per heavy atom. The lowest BCUT2D eigenvalue weighted by Gasteiger charge is -1.98. The molecule has 4 N–H and O–H groups in total. The van der Waals surface area contributed by atoms with Gasteiger partial charge in [0.1, 0.15) is 4.32 Å². The first kappa shape index (κ1) is 11.8. The highest BCUT2D eigenvalue weighted by molar-refractivity contribution is 8.10. The Hall–Kier alpha value is -1.26. The van der Waals surface area contributed by atoms with Crippen LogP contribution in [0.3, 0.4) is 0 Å². The van der Waals surface area contributed by atoms with Gasteiger partial charge in [-0.05, 0) is 11.5 Å². The van der Waals surface area contributed by atoms with E-state index in [4.69, 9.17) is 11.5 Å². The normalized spacial score (nSPS) is 9.13. The van der Waals surface area contributed by atoms with Crippen molar-refractivity contribution in [1.29, 1.82) is 0 Å². The van der Waals surface area contributed by atoms with Gasteiger partial charge >= 0.3 is 0 Å². The Morgan fingerprint density at radius 1 is 1.07 bits per heavy atom. The van der Waals surface area contributed by atoms with Crippen LogP contribution in [0.4, 0.5) is 5.69 Å². The summed E-state index contributed by atoms with van der Waals surface area (Å²) in [6.45, 7) is 0. The zero-order valence-corrected chi connectivity index (χ0v) is 9.76. The second kappa shape index (κ2) is 5.58. The molecule has 0 saturated carbocycles. The van der Waals surface area contributed by atoms with Gasteiger partial charge in [0.2, 0.25) is 0 Å². The van der Waals surface area contributed by atoms with E-state index in [1.807, 2.05) is 30.3 Å². The summed E-state index contributed by atoms with van der Waals surface area (Å²) in [4.78, 5) is 0. The van der Waals surface area contributed by atoms with Crippen LogP contribution < -0.4 is 11.5 Å². The standard InChI is InChI=1S/C10H9N.CH3NS2/c11-10-7-3-5-8-4-1-2-6-9(8)10;2-1(3)4/h1-7H,11H2;(H3,2,3,4). The van der Waals surface area contributed by atoms with Crippen molar-refractivity contribution in [1.82, 2.24) is 0 Å². The molecule has 2 aromatic carbocycles. The summed E-state index contributed by atoms with van der Waals surface area (Å²) in [7, 11) is 0. The van der Waals surface area contributed by atoms with Crippen LogP contribution in [-0.2, 0) is 0 Å². The molecule has 0 spiro atoms. The number of thiol groups is 1. The van der Waals surface area contributed by atoms with Gasteiger partial charge in [-0.2, -0.15) is 0 Å². The van der Waals surface area contributed by atoms with Crippen LogP contribution >= 0.6 is 24.8 Å². The zero-order valence-electron chi connectivity index (χ0n) is 8.05. The van der Waals surface area contributed by atoms with Gasteiger partial charge in [-0.3, -0.25) is 0 Å². The second-order valence-corrected chi connectivity index (χ2v) is 4.13. The lowest BCUT2D eigenvalue weighted by atomic mass is 10.1. The van der Waals surface area contributed by atoms with E-state index in [0.29, 0.717) is 0 Å². The number of anilines is 1. The lowest BCUT2D eigenvalue weighted by Crippen LogP contribution is -1.94. The first-order valence-electron chi connectivity index (χ1n) is 4.33. The van der Waals surface area contributed by atoms with E-state index in [2.05, 4.69) is 37.0 Å². The molecule has 0 unspecified atom stereocenters. The molecule has 2 rings (SSSR count). The maximum atomic E-state index is 5.76. The van der Waals surface area contributed by atoms with E-state index in [-0.39, 0.29) is 4.32 Å². The minimum Gasteiger partial charge on any atom is -0.398 e. The van der Waals surface area contributed by atoms with Crippen LogP contribution in [0, 0.1) is 0 Å². The molecule has 0 saturated heterocycles. The minimum absolute atomic E-state index is 0.194. The topological polar surface area (TPSA) is 52.0 Å². The third-order valence-electron chi connectivity index (χ3n) is 1.82. The summed E-state index contributed by atoms with van der Waals surface area (Å²) in [5.41, 5.74) is 11.3. The molecule has 0 aromatic heterocycles. The van der Waals surface area contributed by atoms with Crippen molar-refractivity contribution in [3.8, 4) is 0 Å². The minimum atomic E-state index is 0.194. The Morgan fingerprint density at radius 3 is 2.20 bits per heavy atom. The van der Waals surface area contributed by atoms with Crippen LogP contribution in [0.2, 0.25) is 0 Å². The van der Waals surface area contributed by atoms with E-state index < -0.39 is 0 Å². The molecule has 0 heterocycles. The number of rotatable bonds is 0. The largest absolute Gasteiger partial charge is 0.398 e. The van der Waals surface area contributed by atoms with E-state index in [1.54, 1.807) is 0 Å². The maximum absolute atomic E-state index is 5.76. The number of hydrogen-bond acceptors (Lipinski definition) is 2. The first-order chi connectivity index (χ1) is 7.11. The van der Waals surface area contributed by atoms with Crippen LogP contribution in [0.5, 0.6) is 0 Å². The van der Waals surface area contributed by atoms with Crippen molar-refractivity contribution in [2.24, 2.45) is 5.73 Å². The molecule has 0 fully saturated rings. The Labute approximate surface area is 99.7 Å². The van der Waals surface area contributed by atoms with Crippen molar-refractivity contribution in [2.45, 2.75) is 0 Å². The van der Waals surface area contributed by atoms with E-state index in [0.717, 1.165) is 11.1 Å². The van der Waals surface area contributed by atoms with Crippen LogP contribution in [-0.4, -0.2) is 4.32 Å². The van der Waals surface area contributed by atoms with E-state index in [9.17, 15) is 0 Å². The molecule has 78 valence electrons. The highest BCUT2D eigenvalue weighted by Crippen LogP contribution is 2.19. The van der Waals surface area contributed by atoms with Gasteiger partial charge in [-0.25, -0.2) is 0 Å².